The summed E-state index contributed by atoms with van der Waals surface area (Å²) in [6.07, 6.45) is 4.09. The monoisotopic (exact) mass is 234 g/mol. The van der Waals surface area contributed by atoms with Crippen LogP contribution in [0.15, 0.2) is 6.20 Å². The van der Waals surface area contributed by atoms with E-state index in [2.05, 4.69) is 35.6 Å². The van der Waals surface area contributed by atoms with Crippen LogP contribution >= 0.6 is 0 Å². The normalized spacial score (nSPS) is 17.8. The lowest BCUT2D eigenvalue weighted by molar-refractivity contribution is 0.499. The number of aromatic nitrogens is 2. The van der Waals surface area contributed by atoms with E-state index in [0.29, 0.717) is 12.0 Å². The van der Waals surface area contributed by atoms with Gasteiger partial charge in [0.2, 0.25) is 0 Å². The van der Waals surface area contributed by atoms with Crippen LogP contribution in [-0.4, -0.2) is 29.1 Å². The Kier molecular flexibility index (Phi) is 3.62. The standard InChI is InChI=1S/C13H22N4/c1-9(2)13-15-8-12(10(3)16-13)17-6-4-11(14)5-7-17/h8-9,11H,4-7,14H2,1-3H3. The van der Waals surface area contributed by atoms with Gasteiger partial charge >= 0.3 is 0 Å². The molecule has 0 atom stereocenters. The first-order chi connectivity index (χ1) is 8.08. The van der Waals surface area contributed by atoms with Gasteiger partial charge in [-0.05, 0) is 19.8 Å². The van der Waals surface area contributed by atoms with Gasteiger partial charge < -0.3 is 10.6 Å². The van der Waals surface area contributed by atoms with Crippen molar-refractivity contribution in [1.29, 1.82) is 0 Å². The molecule has 1 aromatic heterocycles. The summed E-state index contributed by atoms with van der Waals surface area (Å²) < 4.78 is 0. The fourth-order valence-corrected chi connectivity index (χ4v) is 2.21. The average molecular weight is 234 g/mol. The van der Waals surface area contributed by atoms with E-state index < -0.39 is 0 Å². The third-order valence-electron chi connectivity index (χ3n) is 3.37. The van der Waals surface area contributed by atoms with E-state index in [9.17, 15) is 0 Å². The molecule has 17 heavy (non-hydrogen) atoms. The van der Waals surface area contributed by atoms with Gasteiger partial charge in [0.15, 0.2) is 0 Å². The van der Waals surface area contributed by atoms with Gasteiger partial charge in [0.05, 0.1) is 17.6 Å². The van der Waals surface area contributed by atoms with Gasteiger partial charge in [0.1, 0.15) is 5.82 Å². The van der Waals surface area contributed by atoms with E-state index in [-0.39, 0.29) is 0 Å². The largest absolute Gasteiger partial charge is 0.369 e. The maximum Gasteiger partial charge on any atom is 0.131 e. The molecule has 0 aliphatic carbocycles. The molecule has 0 amide bonds. The minimum atomic E-state index is 0.363. The third kappa shape index (κ3) is 2.75. The molecular weight excluding hydrogens is 212 g/mol. The molecule has 4 nitrogen and oxygen atoms in total. The topological polar surface area (TPSA) is 55.0 Å². The third-order valence-corrected chi connectivity index (χ3v) is 3.37. The number of rotatable bonds is 2. The van der Waals surface area contributed by atoms with Gasteiger partial charge in [-0.15, -0.1) is 0 Å². The molecular formula is C13H22N4. The maximum absolute atomic E-state index is 5.92. The van der Waals surface area contributed by atoms with E-state index in [1.165, 1.54) is 5.69 Å². The molecule has 2 rings (SSSR count). The van der Waals surface area contributed by atoms with Crippen LogP contribution in [0.25, 0.3) is 0 Å². The smallest absolute Gasteiger partial charge is 0.131 e. The quantitative estimate of drug-likeness (QED) is 0.848. The van der Waals surface area contributed by atoms with Gasteiger partial charge in [0, 0.05) is 25.0 Å². The predicted molar refractivity (Wildman–Crippen MR) is 70.3 cm³/mol. The molecule has 2 heterocycles. The number of hydrogen-bond donors (Lipinski definition) is 1. The van der Waals surface area contributed by atoms with E-state index >= 15 is 0 Å². The number of anilines is 1. The summed E-state index contributed by atoms with van der Waals surface area (Å²) >= 11 is 0. The first-order valence-electron chi connectivity index (χ1n) is 6.42. The van der Waals surface area contributed by atoms with Crippen LogP contribution in [0.4, 0.5) is 5.69 Å². The Hall–Kier alpha value is -1.16. The van der Waals surface area contributed by atoms with Crippen LogP contribution in [0.5, 0.6) is 0 Å². The van der Waals surface area contributed by atoms with Gasteiger partial charge in [0.25, 0.3) is 0 Å². The van der Waals surface area contributed by atoms with Crippen molar-refractivity contribution in [3.8, 4) is 0 Å². The number of piperidine rings is 1. The van der Waals surface area contributed by atoms with E-state index in [4.69, 9.17) is 5.73 Å². The Bertz CT molecular complexity index is 381. The first kappa shape index (κ1) is 12.3. The lowest BCUT2D eigenvalue weighted by Crippen LogP contribution is -2.40. The van der Waals surface area contributed by atoms with Crippen LogP contribution in [0.3, 0.4) is 0 Å². The molecule has 1 aliphatic heterocycles. The van der Waals surface area contributed by atoms with Crippen molar-refractivity contribution in [3.05, 3.63) is 17.7 Å². The Morgan fingerprint density at radius 3 is 2.53 bits per heavy atom. The van der Waals surface area contributed by atoms with Crippen molar-refractivity contribution >= 4 is 5.69 Å². The Labute approximate surface area is 103 Å². The number of nitrogens with two attached hydrogens (primary N) is 1. The lowest BCUT2D eigenvalue weighted by atomic mass is 10.1. The summed E-state index contributed by atoms with van der Waals surface area (Å²) in [6, 6.07) is 0.363. The summed E-state index contributed by atoms with van der Waals surface area (Å²) in [5.74, 6) is 1.32. The zero-order chi connectivity index (χ0) is 12.4. The fraction of sp³-hybridized carbons (Fsp3) is 0.692. The molecule has 0 spiro atoms. The molecule has 94 valence electrons. The van der Waals surface area contributed by atoms with Crippen molar-refractivity contribution in [2.45, 2.75) is 45.6 Å². The molecule has 0 unspecified atom stereocenters. The summed E-state index contributed by atoms with van der Waals surface area (Å²) in [6.45, 7) is 8.35. The SMILES string of the molecule is Cc1nc(C(C)C)ncc1N1CCC(N)CC1. The van der Waals surface area contributed by atoms with Crippen LogP contribution in [0, 0.1) is 6.92 Å². The van der Waals surface area contributed by atoms with E-state index in [0.717, 1.165) is 37.4 Å². The van der Waals surface area contributed by atoms with Crippen molar-refractivity contribution in [1.82, 2.24) is 9.97 Å². The van der Waals surface area contributed by atoms with Crippen LogP contribution < -0.4 is 10.6 Å². The number of hydrogen-bond acceptors (Lipinski definition) is 4. The molecule has 1 aromatic rings. The minimum Gasteiger partial charge on any atom is -0.369 e. The Morgan fingerprint density at radius 1 is 1.35 bits per heavy atom. The van der Waals surface area contributed by atoms with Gasteiger partial charge in [-0.2, -0.15) is 0 Å². The van der Waals surface area contributed by atoms with Crippen LogP contribution in [-0.2, 0) is 0 Å². The number of aryl methyl sites for hydroxylation is 1. The molecule has 1 saturated heterocycles. The predicted octanol–water partition coefficient (Wildman–Crippen LogP) is 1.84. The first-order valence-corrected chi connectivity index (χ1v) is 6.42. The van der Waals surface area contributed by atoms with Crippen molar-refractivity contribution in [2.75, 3.05) is 18.0 Å². The summed E-state index contributed by atoms with van der Waals surface area (Å²) in [7, 11) is 0. The fourth-order valence-electron chi connectivity index (χ4n) is 2.21. The molecule has 4 heteroatoms. The van der Waals surface area contributed by atoms with Crippen molar-refractivity contribution in [2.24, 2.45) is 5.73 Å². The van der Waals surface area contributed by atoms with E-state index in [1.54, 1.807) is 0 Å². The second kappa shape index (κ2) is 5.00. The molecule has 1 fully saturated rings. The molecule has 1 aliphatic rings. The van der Waals surface area contributed by atoms with Gasteiger partial charge in [-0.25, -0.2) is 9.97 Å². The highest BCUT2D eigenvalue weighted by Gasteiger charge is 2.18. The second-order valence-electron chi connectivity index (χ2n) is 5.18. The van der Waals surface area contributed by atoms with Crippen LogP contribution in [0.2, 0.25) is 0 Å². The van der Waals surface area contributed by atoms with Gasteiger partial charge in [-0.1, -0.05) is 13.8 Å². The highest BCUT2D eigenvalue weighted by atomic mass is 15.2. The lowest BCUT2D eigenvalue weighted by Gasteiger charge is -2.32. The summed E-state index contributed by atoms with van der Waals surface area (Å²) in [5, 5.41) is 0. The maximum atomic E-state index is 5.92. The van der Waals surface area contributed by atoms with Crippen molar-refractivity contribution < 1.29 is 0 Å². The van der Waals surface area contributed by atoms with Crippen LogP contribution in [0.1, 0.15) is 44.1 Å². The van der Waals surface area contributed by atoms with Crippen molar-refractivity contribution in [3.63, 3.8) is 0 Å². The zero-order valence-electron chi connectivity index (χ0n) is 11.0. The van der Waals surface area contributed by atoms with E-state index in [1.807, 2.05) is 6.20 Å². The minimum absolute atomic E-state index is 0.363. The molecule has 0 radical (unpaired) electrons. The zero-order valence-corrected chi connectivity index (χ0v) is 11.0. The molecule has 0 aromatic carbocycles. The summed E-state index contributed by atoms with van der Waals surface area (Å²) in [4.78, 5) is 11.4. The van der Waals surface area contributed by atoms with Gasteiger partial charge in [-0.3, -0.25) is 0 Å². The Morgan fingerprint density at radius 2 is 2.00 bits per heavy atom. The highest BCUT2D eigenvalue weighted by Crippen LogP contribution is 2.22. The molecule has 0 saturated carbocycles. The average Bonchev–Trinajstić information content (AvgIpc) is 2.30. The molecule has 0 bridgehead atoms. The summed E-state index contributed by atoms with van der Waals surface area (Å²) in [5.41, 5.74) is 8.17. The molecule has 2 N–H and O–H groups in total. The Balaban J connectivity index is 2.16. The highest BCUT2D eigenvalue weighted by molar-refractivity contribution is 5.48. The number of nitrogens with zero attached hydrogens (tertiary/aromatic N) is 3. The second-order valence-corrected chi connectivity index (χ2v) is 5.18.